The molecule has 1 amide bonds. The molecule has 4 rings (SSSR count). The molecule has 2 fully saturated rings. The molecule has 2 aromatic carbocycles. The highest BCUT2D eigenvalue weighted by atomic mass is 19.1. The van der Waals surface area contributed by atoms with E-state index in [1.807, 2.05) is 42.3 Å². The maximum absolute atomic E-state index is 13.2. The Labute approximate surface area is 173 Å². The van der Waals surface area contributed by atoms with Gasteiger partial charge < -0.3 is 9.80 Å². The van der Waals surface area contributed by atoms with Crippen LogP contribution in [0.3, 0.4) is 0 Å². The molecule has 0 radical (unpaired) electrons. The average molecular weight is 395 g/mol. The van der Waals surface area contributed by atoms with Crippen LogP contribution in [0.25, 0.3) is 0 Å². The van der Waals surface area contributed by atoms with Crippen molar-refractivity contribution < 1.29 is 9.18 Å². The fourth-order valence-electron chi connectivity index (χ4n) is 4.79. The molecule has 0 N–H and O–H groups in total. The van der Waals surface area contributed by atoms with Crippen LogP contribution in [0.15, 0.2) is 54.6 Å². The van der Waals surface area contributed by atoms with E-state index in [0.29, 0.717) is 5.92 Å². The molecule has 154 valence electrons. The SMILES string of the molecule is CN(C[C@H]1CCCN(CCc2ccc(F)cc2)C1)C(=O)C1(c2ccccc2)CC1. The van der Waals surface area contributed by atoms with Gasteiger partial charge in [-0.3, -0.25) is 4.79 Å². The summed E-state index contributed by atoms with van der Waals surface area (Å²) in [6.07, 6.45) is 5.24. The summed E-state index contributed by atoms with van der Waals surface area (Å²) < 4.78 is 13.1. The van der Waals surface area contributed by atoms with Gasteiger partial charge >= 0.3 is 0 Å². The molecule has 2 aliphatic rings. The zero-order valence-corrected chi connectivity index (χ0v) is 17.3. The molecule has 1 aliphatic carbocycles. The first kappa shape index (κ1) is 20.1. The normalized spacial score (nSPS) is 21.0. The zero-order chi connectivity index (χ0) is 20.3. The molecule has 1 saturated heterocycles. The van der Waals surface area contributed by atoms with Crippen LogP contribution in [0, 0.1) is 11.7 Å². The van der Waals surface area contributed by atoms with Crippen molar-refractivity contribution in [2.75, 3.05) is 33.2 Å². The summed E-state index contributed by atoms with van der Waals surface area (Å²) in [5.41, 5.74) is 2.08. The number of nitrogens with zero attached hydrogens (tertiary/aromatic N) is 2. The lowest BCUT2D eigenvalue weighted by Crippen LogP contribution is -2.44. The summed E-state index contributed by atoms with van der Waals surface area (Å²) in [6.45, 7) is 3.98. The summed E-state index contributed by atoms with van der Waals surface area (Å²) in [6, 6.07) is 17.1. The van der Waals surface area contributed by atoms with E-state index < -0.39 is 0 Å². The van der Waals surface area contributed by atoms with Crippen molar-refractivity contribution in [3.05, 3.63) is 71.5 Å². The van der Waals surface area contributed by atoms with E-state index in [-0.39, 0.29) is 17.1 Å². The van der Waals surface area contributed by atoms with Gasteiger partial charge in [0, 0.05) is 26.7 Å². The molecule has 1 aliphatic heterocycles. The summed E-state index contributed by atoms with van der Waals surface area (Å²) in [5.74, 6) is 0.632. The van der Waals surface area contributed by atoms with E-state index in [0.717, 1.165) is 45.4 Å². The minimum atomic E-state index is -0.271. The lowest BCUT2D eigenvalue weighted by Gasteiger charge is -2.35. The Morgan fingerprint density at radius 1 is 1.14 bits per heavy atom. The zero-order valence-electron chi connectivity index (χ0n) is 17.3. The van der Waals surface area contributed by atoms with Gasteiger partial charge in [0.25, 0.3) is 0 Å². The lowest BCUT2D eigenvalue weighted by atomic mass is 9.93. The Bertz CT molecular complexity index is 816. The van der Waals surface area contributed by atoms with Gasteiger partial charge in [-0.05, 0) is 67.8 Å². The summed E-state index contributed by atoms with van der Waals surface area (Å²) >= 11 is 0. The summed E-state index contributed by atoms with van der Waals surface area (Å²) in [4.78, 5) is 17.7. The number of halogens is 1. The average Bonchev–Trinajstić information content (AvgIpc) is 3.56. The molecule has 0 aromatic heterocycles. The minimum absolute atomic E-state index is 0.177. The predicted molar refractivity (Wildman–Crippen MR) is 114 cm³/mol. The van der Waals surface area contributed by atoms with E-state index >= 15 is 0 Å². The van der Waals surface area contributed by atoms with Crippen LogP contribution >= 0.6 is 0 Å². The maximum Gasteiger partial charge on any atom is 0.232 e. The first-order valence-corrected chi connectivity index (χ1v) is 10.8. The van der Waals surface area contributed by atoms with Gasteiger partial charge in [0.15, 0.2) is 0 Å². The summed E-state index contributed by atoms with van der Waals surface area (Å²) in [7, 11) is 1.98. The van der Waals surface area contributed by atoms with Gasteiger partial charge in [-0.2, -0.15) is 0 Å². The van der Waals surface area contributed by atoms with Crippen molar-refractivity contribution in [3.8, 4) is 0 Å². The van der Waals surface area contributed by atoms with Crippen LogP contribution < -0.4 is 0 Å². The highest BCUT2D eigenvalue weighted by Gasteiger charge is 2.52. The van der Waals surface area contributed by atoms with E-state index in [2.05, 4.69) is 17.0 Å². The predicted octanol–water partition coefficient (Wildman–Crippen LogP) is 4.27. The highest BCUT2D eigenvalue weighted by Crippen LogP contribution is 2.49. The molecule has 2 aromatic rings. The molecule has 0 unspecified atom stereocenters. The number of benzene rings is 2. The van der Waals surface area contributed by atoms with Crippen LogP contribution in [0.5, 0.6) is 0 Å². The van der Waals surface area contributed by atoms with Crippen LogP contribution in [-0.4, -0.2) is 48.9 Å². The van der Waals surface area contributed by atoms with Crippen molar-refractivity contribution in [2.45, 2.75) is 37.5 Å². The number of hydrogen-bond acceptors (Lipinski definition) is 2. The van der Waals surface area contributed by atoms with Crippen molar-refractivity contribution >= 4 is 5.91 Å². The second kappa shape index (κ2) is 8.66. The van der Waals surface area contributed by atoms with Gasteiger partial charge in [-0.15, -0.1) is 0 Å². The molecule has 0 spiro atoms. The Balaban J connectivity index is 1.30. The molecule has 1 atom stereocenters. The fourth-order valence-corrected chi connectivity index (χ4v) is 4.79. The molecule has 1 heterocycles. The molecular formula is C25H31FN2O. The molecule has 0 bridgehead atoms. The van der Waals surface area contributed by atoms with Crippen LogP contribution in [0.4, 0.5) is 4.39 Å². The second-order valence-electron chi connectivity index (χ2n) is 8.82. The fraction of sp³-hybridized carbons (Fsp3) is 0.480. The third-order valence-electron chi connectivity index (χ3n) is 6.60. The Morgan fingerprint density at radius 2 is 1.86 bits per heavy atom. The third kappa shape index (κ3) is 4.69. The van der Waals surface area contributed by atoms with Crippen molar-refractivity contribution in [1.29, 1.82) is 0 Å². The topological polar surface area (TPSA) is 23.6 Å². The molecule has 3 nitrogen and oxygen atoms in total. The molecular weight excluding hydrogens is 363 g/mol. The lowest BCUT2D eigenvalue weighted by molar-refractivity contribution is -0.133. The first-order valence-electron chi connectivity index (χ1n) is 10.8. The Hall–Kier alpha value is -2.20. The van der Waals surface area contributed by atoms with Crippen LogP contribution in [0.2, 0.25) is 0 Å². The third-order valence-corrected chi connectivity index (χ3v) is 6.60. The van der Waals surface area contributed by atoms with E-state index in [9.17, 15) is 9.18 Å². The second-order valence-corrected chi connectivity index (χ2v) is 8.82. The molecule has 29 heavy (non-hydrogen) atoms. The number of likely N-dealkylation sites (N-methyl/N-ethyl adjacent to an activating group) is 1. The highest BCUT2D eigenvalue weighted by molar-refractivity contribution is 5.91. The van der Waals surface area contributed by atoms with Gasteiger partial charge in [-0.1, -0.05) is 42.5 Å². The van der Waals surface area contributed by atoms with Crippen molar-refractivity contribution in [3.63, 3.8) is 0 Å². The van der Waals surface area contributed by atoms with E-state index in [4.69, 9.17) is 0 Å². The van der Waals surface area contributed by atoms with Crippen molar-refractivity contribution in [2.24, 2.45) is 5.92 Å². The van der Waals surface area contributed by atoms with Gasteiger partial charge in [0.1, 0.15) is 5.82 Å². The number of carbonyl (C=O) groups excluding carboxylic acids is 1. The van der Waals surface area contributed by atoms with Gasteiger partial charge in [0.2, 0.25) is 5.91 Å². The number of carbonyl (C=O) groups is 1. The van der Waals surface area contributed by atoms with Crippen LogP contribution in [0.1, 0.15) is 36.8 Å². The molecule has 1 saturated carbocycles. The number of likely N-dealkylation sites (tertiary alicyclic amines) is 1. The molecule has 4 heteroatoms. The van der Waals surface area contributed by atoms with E-state index in [1.165, 1.54) is 36.1 Å². The minimum Gasteiger partial charge on any atom is -0.345 e. The smallest absolute Gasteiger partial charge is 0.232 e. The summed E-state index contributed by atoms with van der Waals surface area (Å²) in [5, 5.41) is 0. The van der Waals surface area contributed by atoms with E-state index in [1.54, 1.807) is 0 Å². The number of piperidine rings is 1. The Morgan fingerprint density at radius 3 is 2.55 bits per heavy atom. The number of rotatable bonds is 7. The first-order chi connectivity index (χ1) is 14.1. The monoisotopic (exact) mass is 394 g/mol. The van der Waals surface area contributed by atoms with Gasteiger partial charge in [-0.25, -0.2) is 4.39 Å². The van der Waals surface area contributed by atoms with Crippen molar-refractivity contribution in [1.82, 2.24) is 9.80 Å². The van der Waals surface area contributed by atoms with Gasteiger partial charge in [0.05, 0.1) is 5.41 Å². The Kier molecular flexibility index (Phi) is 6.00. The number of amides is 1. The number of hydrogen-bond donors (Lipinski definition) is 0. The van der Waals surface area contributed by atoms with Crippen LogP contribution in [-0.2, 0) is 16.6 Å². The maximum atomic E-state index is 13.2. The largest absolute Gasteiger partial charge is 0.345 e. The quantitative estimate of drug-likeness (QED) is 0.700. The standard InChI is InChI=1S/C25H31FN2O/c1-27(24(29)25(14-15-25)22-7-3-2-4-8-22)18-21-6-5-16-28(19-21)17-13-20-9-11-23(26)12-10-20/h2-4,7-12,21H,5-6,13-19H2,1H3/t21-/m1/s1.